The van der Waals surface area contributed by atoms with Gasteiger partial charge in [-0.3, -0.25) is 4.79 Å². The lowest BCUT2D eigenvalue weighted by Crippen LogP contribution is -2.28. The molecule has 2 aromatic carbocycles. The Kier molecular flexibility index (Phi) is 5.44. The number of rotatable bonds is 6. The highest BCUT2D eigenvalue weighted by molar-refractivity contribution is 7.89. The van der Waals surface area contributed by atoms with Crippen molar-refractivity contribution in [3.63, 3.8) is 0 Å². The molecule has 3 rings (SSSR count). The van der Waals surface area contributed by atoms with E-state index < -0.39 is 15.9 Å². The van der Waals surface area contributed by atoms with Gasteiger partial charge in [0.2, 0.25) is 10.0 Å². The Labute approximate surface area is 158 Å². The molecule has 1 fully saturated rings. The highest BCUT2D eigenvalue weighted by Crippen LogP contribution is 2.27. The van der Waals surface area contributed by atoms with Crippen LogP contribution in [0.1, 0.15) is 34.3 Å². The van der Waals surface area contributed by atoms with Gasteiger partial charge in [-0.1, -0.05) is 12.1 Å². The number of primary amides is 1. The van der Waals surface area contributed by atoms with Crippen molar-refractivity contribution in [2.24, 2.45) is 5.73 Å². The molecule has 1 aliphatic heterocycles. The summed E-state index contributed by atoms with van der Waals surface area (Å²) in [5, 5.41) is 8.95. The minimum atomic E-state index is -3.65. The molecule has 1 amide bonds. The van der Waals surface area contributed by atoms with Crippen molar-refractivity contribution in [1.82, 2.24) is 4.31 Å². The lowest BCUT2D eigenvalue weighted by molar-refractivity contribution is 0.0995. The van der Waals surface area contributed by atoms with E-state index in [4.69, 9.17) is 15.7 Å². The molecule has 1 saturated heterocycles. The fraction of sp³-hybridized carbons (Fsp3) is 0.263. The number of carbonyl (C=O) groups excluding carboxylic acids is 1. The van der Waals surface area contributed by atoms with E-state index in [1.54, 1.807) is 24.3 Å². The molecule has 27 heavy (non-hydrogen) atoms. The number of nitrogens with zero attached hydrogens (tertiary/aromatic N) is 2. The summed E-state index contributed by atoms with van der Waals surface area (Å²) < 4.78 is 32.4. The molecule has 8 heteroatoms. The van der Waals surface area contributed by atoms with Crippen molar-refractivity contribution in [1.29, 1.82) is 5.26 Å². The summed E-state index contributed by atoms with van der Waals surface area (Å²) in [7, 11) is -3.65. The van der Waals surface area contributed by atoms with Gasteiger partial charge in [0.05, 0.1) is 22.1 Å². The Morgan fingerprint density at radius 1 is 1.19 bits per heavy atom. The van der Waals surface area contributed by atoms with Crippen LogP contribution in [0.2, 0.25) is 0 Å². The third kappa shape index (κ3) is 4.10. The van der Waals surface area contributed by atoms with E-state index in [9.17, 15) is 13.2 Å². The van der Waals surface area contributed by atoms with E-state index in [1.165, 1.54) is 22.5 Å². The number of nitrogens with two attached hydrogens (primary N) is 1. The number of nitriles is 1. The first kappa shape index (κ1) is 18.9. The lowest BCUT2D eigenvalue weighted by atomic mass is 10.1. The third-order valence-electron chi connectivity index (χ3n) is 4.37. The first-order valence-electron chi connectivity index (χ1n) is 8.47. The maximum absolute atomic E-state index is 12.7. The quantitative estimate of drug-likeness (QED) is 0.817. The minimum absolute atomic E-state index is 0.00621. The molecule has 0 saturated carbocycles. The van der Waals surface area contributed by atoms with Crippen LogP contribution < -0.4 is 10.5 Å². The normalized spacial score (nSPS) is 14.6. The van der Waals surface area contributed by atoms with Gasteiger partial charge < -0.3 is 10.5 Å². The van der Waals surface area contributed by atoms with E-state index in [0.29, 0.717) is 18.7 Å². The molecule has 0 atom stereocenters. The fourth-order valence-corrected chi connectivity index (χ4v) is 4.50. The number of hydrogen-bond acceptors (Lipinski definition) is 5. The summed E-state index contributed by atoms with van der Waals surface area (Å²) >= 11 is 0. The second-order valence-corrected chi connectivity index (χ2v) is 8.17. The largest absolute Gasteiger partial charge is 0.488 e. The standard InChI is InChI=1S/C19H19N3O4S/c20-12-14-4-3-5-15(10-14)13-26-18-7-6-16(11-17(18)19(21)23)27(24,25)22-8-1-2-9-22/h3-7,10-11H,1-2,8-9,13H2,(H2,21,23). The zero-order valence-corrected chi connectivity index (χ0v) is 15.4. The van der Waals surface area contributed by atoms with Gasteiger partial charge in [-0.25, -0.2) is 8.42 Å². The van der Waals surface area contributed by atoms with E-state index >= 15 is 0 Å². The van der Waals surface area contributed by atoms with Crippen molar-refractivity contribution in [2.45, 2.75) is 24.3 Å². The van der Waals surface area contributed by atoms with Crippen molar-refractivity contribution < 1.29 is 17.9 Å². The van der Waals surface area contributed by atoms with Gasteiger partial charge in [-0.15, -0.1) is 0 Å². The van der Waals surface area contributed by atoms with Crippen LogP contribution in [-0.2, 0) is 16.6 Å². The molecule has 0 aromatic heterocycles. The van der Waals surface area contributed by atoms with Gasteiger partial charge in [0.25, 0.3) is 5.91 Å². The van der Waals surface area contributed by atoms with Crippen LogP contribution in [0.4, 0.5) is 0 Å². The predicted octanol–water partition coefficient (Wildman–Crippen LogP) is 2.02. The second kappa shape index (κ2) is 7.78. The average molecular weight is 385 g/mol. The molecule has 0 bridgehead atoms. The Hall–Kier alpha value is -2.89. The highest BCUT2D eigenvalue weighted by atomic mass is 32.2. The number of amides is 1. The number of sulfonamides is 1. The maximum Gasteiger partial charge on any atom is 0.252 e. The first-order chi connectivity index (χ1) is 12.9. The van der Waals surface area contributed by atoms with Crippen molar-refractivity contribution >= 4 is 15.9 Å². The Morgan fingerprint density at radius 2 is 1.93 bits per heavy atom. The molecule has 0 spiro atoms. The van der Waals surface area contributed by atoms with Gasteiger partial charge in [0, 0.05) is 13.1 Å². The molecule has 0 unspecified atom stereocenters. The number of carbonyl (C=O) groups is 1. The van der Waals surface area contributed by atoms with E-state index in [1.807, 2.05) is 6.07 Å². The van der Waals surface area contributed by atoms with Crippen molar-refractivity contribution in [3.8, 4) is 11.8 Å². The smallest absolute Gasteiger partial charge is 0.252 e. The van der Waals surface area contributed by atoms with Crippen LogP contribution in [0.15, 0.2) is 47.4 Å². The molecule has 0 aliphatic carbocycles. The Morgan fingerprint density at radius 3 is 2.59 bits per heavy atom. The van der Waals surface area contributed by atoms with Gasteiger partial charge in [0.15, 0.2) is 0 Å². The summed E-state index contributed by atoms with van der Waals surface area (Å²) in [4.78, 5) is 11.8. The highest BCUT2D eigenvalue weighted by Gasteiger charge is 2.28. The fourth-order valence-electron chi connectivity index (χ4n) is 2.96. The molecule has 140 valence electrons. The SMILES string of the molecule is N#Cc1cccc(COc2ccc(S(=O)(=O)N3CCCC3)cc2C(N)=O)c1. The van der Waals surface area contributed by atoms with Crippen LogP contribution in [0, 0.1) is 11.3 Å². The predicted molar refractivity (Wildman–Crippen MR) is 98.4 cm³/mol. The van der Waals surface area contributed by atoms with E-state index in [-0.39, 0.29) is 22.8 Å². The molecular weight excluding hydrogens is 366 g/mol. The molecule has 0 radical (unpaired) electrons. The summed E-state index contributed by atoms with van der Waals surface area (Å²) in [5.74, 6) is -0.570. The van der Waals surface area contributed by atoms with Gasteiger partial charge in [0.1, 0.15) is 12.4 Å². The van der Waals surface area contributed by atoms with Gasteiger partial charge in [-0.05, 0) is 48.7 Å². The van der Waals surface area contributed by atoms with Crippen LogP contribution in [0.5, 0.6) is 5.75 Å². The monoisotopic (exact) mass is 385 g/mol. The van der Waals surface area contributed by atoms with Crippen LogP contribution in [-0.4, -0.2) is 31.7 Å². The zero-order chi connectivity index (χ0) is 19.4. The van der Waals surface area contributed by atoms with Crippen molar-refractivity contribution in [3.05, 3.63) is 59.2 Å². The van der Waals surface area contributed by atoms with Gasteiger partial charge >= 0.3 is 0 Å². The van der Waals surface area contributed by atoms with Crippen LogP contribution in [0.25, 0.3) is 0 Å². The number of benzene rings is 2. The molecule has 2 aromatic rings. The number of ether oxygens (including phenoxy) is 1. The first-order valence-corrected chi connectivity index (χ1v) is 9.91. The zero-order valence-electron chi connectivity index (χ0n) is 14.6. The lowest BCUT2D eigenvalue weighted by Gasteiger charge is -2.17. The Balaban J connectivity index is 1.86. The van der Waals surface area contributed by atoms with Crippen LogP contribution in [0.3, 0.4) is 0 Å². The molecule has 1 heterocycles. The summed E-state index contributed by atoms with van der Waals surface area (Å²) in [5.41, 5.74) is 6.68. The van der Waals surface area contributed by atoms with E-state index in [0.717, 1.165) is 18.4 Å². The second-order valence-electron chi connectivity index (χ2n) is 6.23. The molecule has 7 nitrogen and oxygen atoms in total. The molecular formula is C19H19N3O4S. The summed E-state index contributed by atoms with van der Waals surface area (Å²) in [6, 6.07) is 13.0. The minimum Gasteiger partial charge on any atom is -0.488 e. The third-order valence-corrected chi connectivity index (χ3v) is 6.26. The number of hydrogen-bond donors (Lipinski definition) is 1. The average Bonchev–Trinajstić information content (AvgIpc) is 3.22. The maximum atomic E-state index is 12.7. The molecule has 2 N–H and O–H groups in total. The topological polar surface area (TPSA) is 113 Å². The summed E-state index contributed by atoms with van der Waals surface area (Å²) in [6.45, 7) is 1.07. The Bertz CT molecular complexity index is 1010. The van der Waals surface area contributed by atoms with Gasteiger partial charge in [-0.2, -0.15) is 9.57 Å². The van der Waals surface area contributed by atoms with Crippen molar-refractivity contribution in [2.75, 3.05) is 13.1 Å². The van der Waals surface area contributed by atoms with E-state index in [2.05, 4.69) is 0 Å². The van der Waals surface area contributed by atoms with Crippen LogP contribution >= 0.6 is 0 Å². The molecule has 1 aliphatic rings. The summed E-state index contributed by atoms with van der Waals surface area (Å²) in [6.07, 6.45) is 1.65.